The van der Waals surface area contributed by atoms with E-state index in [1.807, 2.05) is 0 Å². The molecule has 0 saturated heterocycles. The zero-order valence-corrected chi connectivity index (χ0v) is 6.88. The van der Waals surface area contributed by atoms with Crippen molar-refractivity contribution in [1.29, 1.82) is 5.26 Å². The number of pyridine rings is 1. The van der Waals surface area contributed by atoms with Crippen molar-refractivity contribution < 1.29 is 17.9 Å². The van der Waals surface area contributed by atoms with Crippen LogP contribution in [-0.4, -0.2) is 17.8 Å². The summed E-state index contributed by atoms with van der Waals surface area (Å²) < 4.78 is 39.4. The predicted molar refractivity (Wildman–Crippen MR) is 40.5 cm³/mol. The fourth-order valence-corrected chi connectivity index (χ4v) is 0.688. The van der Waals surface area contributed by atoms with Crippen LogP contribution in [-0.2, 0) is 0 Å². The Labute approximate surface area is 77.7 Å². The average molecular weight is 202 g/mol. The van der Waals surface area contributed by atoms with Gasteiger partial charge in [0, 0.05) is 12.3 Å². The van der Waals surface area contributed by atoms with Gasteiger partial charge in [-0.05, 0) is 6.07 Å². The lowest BCUT2D eigenvalue weighted by atomic mass is 10.3. The van der Waals surface area contributed by atoms with E-state index in [2.05, 4.69) is 9.72 Å². The zero-order chi connectivity index (χ0) is 10.6. The molecule has 6 heteroatoms. The van der Waals surface area contributed by atoms with Crippen molar-refractivity contribution in [3.8, 4) is 11.9 Å². The molecule has 0 fully saturated rings. The SMILES string of the molecule is N#Cc1ccc(OCC(F)(F)F)nc1. The molecule has 14 heavy (non-hydrogen) atoms. The molecule has 0 aliphatic rings. The minimum Gasteiger partial charge on any atom is -0.468 e. The largest absolute Gasteiger partial charge is 0.468 e. The van der Waals surface area contributed by atoms with Gasteiger partial charge in [-0.15, -0.1) is 0 Å². The van der Waals surface area contributed by atoms with Crippen molar-refractivity contribution in [2.45, 2.75) is 6.18 Å². The summed E-state index contributed by atoms with van der Waals surface area (Å²) in [4.78, 5) is 3.51. The minimum atomic E-state index is -4.38. The molecule has 0 aliphatic heterocycles. The highest BCUT2D eigenvalue weighted by Gasteiger charge is 2.28. The normalized spacial score (nSPS) is 10.7. The summed E-state index contributed by atoms with van der Waals surface area (Å²) in [5.74, 6) is -0.152. The summed E-state index contributed by atoms with van der Waals surface area (Å²) in [5.41, 5.74) is 0.268. The maximum Gasteiger partial charge on any atom is 0.422 e. The summed E-state index contributed by atoms with van der Waals surface area (Å²) in [6, 6.07) is 4.33. The van der Waals surface area contributed by atoms with Gasteiger partial charge >= 0.3 is 6.18 Å². The Balaban J connectivity index is 2.58. The fraction of sp³-hybridized carbons (Fsp3) is 0.250. The summed E-state index contributed by atoms with van der Waals surface area (Å²) >= 11 is 0. The van der Waals surface area contributed by atoms with Crippen LogP contribution >= 0.6 is 0 Å². The van der Waals surface area contributed by atoms with Gasteiger partial charge in [-0.3, -0.25) is 0 Å². The Morgan fingerprint density at radius 1 is 1.43 bits per heavy atom. The van der Waals surface area contributed by atoms with Crippen LogP contribution in [0.1, 0.15) is 5.56 Å². The van der Waals surface area contributed by atoms with E-state index in [0.717, 1.165) is 6.20 Å². The van der Waals surface area contributed by atoms with Crippen molar-refractivity contribution in [2.24, 2.45) is 0 Å². The second-order valence-corrected chi connectivity index (χ2v) is 2.40. The molecule has 0 saturated carbocycles. The highest BCUT2D eigenvalue weighted by atomic mass is 19.4. The first-order valence-corrected chi connectivity index (χ1v) is 3.57. The molecular formula is C8H5F3N2O. The van der Waals surface area contributed by atoms with E-state index in [4.69, 9.17) is 5.26 Å². The molecule has 0 bridgehead atoms. The average Bonchev–Trinajstić information content (AvgIpc) is 2.14. The lowest BCUT2D eigenvalue weighted by molar-refractivity contribution is -0.154. The molecular weight excluding hydrogens is 197 g/mol. The summed E-state index contributed by atoms with van der Waals surface area (Å²) in [5, 5.41) is 8.38. The molecule has 0 radical (unpaired) electrons. The Kier molecular flexibility index (Phi) is 2.92. The van der Waals surface area contributed by atoms with Gasteiger partial charge in [0.15, 0.2) is 6.61 Å². The third-order valence-corrected chi connectivity index (χ3v) is 1.25. The predicted octanol–water partition coefficient (Wildman–Crippen LogP) is 1.89. The minimum absolute atomic E-state index is 0.152. The number of hydrogen-bond acceptors (Lipinski definition) is 3. The molecule has 0 aromatic carbocycles. The van der Waals surface area contributed by atoms with E-state index in [1.165, 1.54) is 12.1 Å². The summed E-state index contributed by atoms with van der Waals surface area (Å²) in [7, 11) is 0. The van der Waals surface area contributed by atoms with Gasteiger partial charge < -0.3 is 4.74 Å². The van der Waals surface area contributed by atoms with Crippen molar-refractivity contribution in [2.75, 3.05) is 6.61 Å². The number of nitriles is 1. The number of rotatable bonds is 2. The highest BCUT2D eigenvalue weighted by molar-refractivity contribution is 5.28. The molecule has 74 valence electrons. The standard InChI is InChI=1S/C8H5F3N2O/c9-8(10,11)5-14-7-2-1-6(3-12)4-13-7/h1-2,4H,5H2. The number of hydrogen-bond donors (Lipinski definition) is 0. The molecule has 1 aromatic rings. The van der Waals surface area contributed by atoms with E-state index in [1.54, 1.807) is 6.07 Å². The first-order valence-electron chi connectivity index (χ1n) is 3.57. The maximum absolute atomic E-state index is 11.7. The van der Waals surface area contributed by atoms with Gasteiger partial charge in [0.05, 0.1) is 5.56 Å². The van der Waals surface area contributed by atoms with Crippen LogP contribution in [0.4, 0.5) is 13.2 Å². The molecule has 1 aromatic heterocycles. The number of nitrogens with zero attached hydrogens (tertiary/aromatic N) is 2. The number of aromatic nitrogens is 1. The van der Waals surface area contributed by atoms with Crippen LogP contribution in [0, 0.1) is 11.3 Å². The molecule has 0 spiro atoms. The molecule has 0 unspecified atom stereocenters. The van der Waals surface area contributed by atoms with Crippen LogP contribution in [0.3, 0.4) is 0 Å². The smallest absolute Gasteiger partial charge is 0.422 e. The Morgan fingerprint density at radius 3 is 2.57 bits per heavy atom. The van der Waals surface area contributed by atoms with Crippen LogP contribution < -0.4 is 4.74 Å². The van der Waals surface area contributed by atoms with Crippen LogP contribution in [0.5, 0.6) is 5.88 Å². The van der Waals surface area contributed by atoms with Crippen molar-refractivity contribution in [3.05, 3.63) is 23.9 Å². The van der Waals surface area contributed by atoms with E-state index in [-0.39, 0.29) is 11.4 Å². The van der Waals surface area contributed by atoms with Gasteiger partial charge in [-0.1, -0.05) is 0 Å². The molecule has 0 aliphatic carbocycles. The molecule has 0 N–H and O–H groups in total. The maximum atomic E-state index is 11.7. The Hall–Kier alpha value is -1.77. The number of halogens is 3. The van der Waals surface area contributed by atoms with Gasteiger partial charge in [0.2, 0.25) is 5.88 Å². The van der Waals surface area contributed by atoms with Gasteiger partial charge in [-0.2, -0.15) is 18.4 Å². The highest BCUT2D eigenvalue weighted by Crippen LogP contribution is 2.16. The second kappa shape index (κ2) is 3.96. The molecule has 1 heterocycles. The van der Waals surface area contributed by atoms with Crippen LogP contribution in [0.2, 0.25) is 0 Å². The topological polar surface area (TPSA) is 45.9 Å². The van der Waals surface area contributed by atoms with Crippen LogP contribution in [0.25, 0.3) is 0 Å². The number of ether oxygens (including phenoxy) is 1. The third-order valence-electron chi connectivity index (χ3n) is 1.25. The first kappa shape index (κ1) is 10.3. The molecule has 0 amide bonds. The van der Waals surface area contributed by atoms with Crippen molar-refractivity contribution in [1.82, 2.24) is 4.98 Å². The monoisotopic (exact) mass is 202 g/mol. The zero-order valence-electron chi connectivity index (χ0n) is 6.88. The van der Waals surface area contributed by atoms with Gasteiger partial charge in [0.1, 0.15) is 6.07 Å². The molecule has 3 nitrogen and oxygen atoms in total. The van der Waals surface area contributed by atoms with Crippen molar-refractivity contribution in [3.63, 3.8) is 0 Å². The van der Waals surface area contributed by atoms with E-state index in [9.17, 15) is 13.2 Å². The Morgan fingerprint density at radius 2 is 2.14 bits per heavy atom. The second-order valence-electron chi connectivity index (χ2n) is 2.40. The van der Waals surface area contributed by atoms with Crippen molar-refractivity contribution >= 4 is 0 Å². The third kappa shape index (κ3) is 3.31. The van der Waals surface area contributed by atoms with E-state index >= 15 is 0 Å². The molecule has 1 rings (SSSR count). The summed E-state index contributed by atoms with van der Waals surface area (Å²) in [6.07, 6.45) is -3.23. The lowest BCUT2D eigenvalue weighted by Gasteiger charge is -2.07. The van der Waals surface area contributed by atoms with Gasteiger partial charge in [-0.25, -0.2) is 4.98 Å². The quantitative estimate of drug-likeness (QED) is 0.735. The number of alkyl halides is 3. The van der Waals surface area contributed by atoms with Gasteiger partial charge in [0.25, 0.3) is 0 Å². The summed E-state index contributed by atoms with van der Waals surface area (Å²) in [6.45, 7) is -1.38. The lowest BCUT2D eigenvalue weighted by Crippen LogP contribution is -2.19. The first-order chi connectivity index (χ1) is 6.51. The van der Waals surface area contributed by atoms with Crippen LogP contribution in [0.15, 0.2) is 18.3 Å². The molecule has 0 atom stereocenters. The van der Waals surface area contributed by atoms with E-state index < -0.39 is 12.8 Å². The Bertz CT molecular complexity index is 339. The van der Waals surface area contributed by atoms with E-state index in [0.29, 0.717) is 0 Å². The fourth-order valence-electron chi connectivity index (χ4n) is 0.688.